The maximum atomic E-state index is 12.9. The highest BCUT2D eigenvalue weighted by atomic mass is 32.2. The van der Waals surface area contributed by atoms with Gasteiger partial charge in [0.05, 0.1) is 11.3 Å². The van der Waals surface area contributed by atoms with E-state index in [2.05, 4.69) is 0 Å². The van der Waals surface area contributed by atoms with Crippen LogP contribution in [0.2, 0.25) is 0 Å². The van der Waals surface area contributed by atoms with E-state index in [1.54, 1.807) is 10.8 Å². The van der Waals surface area contributed by atoms with Crippen LogP contribution in [0.4, 0.5) is 18.9 Å². The molecule has 2 heterocycles. The lowest BCUT2D eigenvalue weighted by Gasteiger charge is -2.21. The van der Waals surface area contributed by atoms with Gasteiger partial charge >= 0.3 is 6.18 Å². The van der Waals surface area contributed by atoms with Gasteiger partial charge < -0.3 is 10.6 Å². The molecule has 2 N–H and O–H groups in total. The summed E-state index contributed by atoms with van der Waals surface area (Å²) in [6, 6.07) is 3.09. The summed E-state index contributed by atoms with van der Waals surface area (Å²) < 4.78 is 37.6. The lowest BCUT2D eigenvalue weighted by Crippen LogP contribution is -2.40. The van der Waals surface area contributed by atoms with E-state index in [4.69, 9.17) is 5.73 Å². The van der Waals surface area contributed by atoms with Crippen molar-refractivity contribution in [2.45, 2.75) is 10.3 Å². The Kier molecular flexibility index (Phi) is 3.44. The first-order valence-corrected chi connectivity index (χ1v) is 7.84. The SMILES string of the molecule is NC(=O)CN1C(=O)C2(SC=CS2)c2cc(C(F)(F)F)ccc21. The summed E-state index contributed by atoms with van der Waals surface area (Å²) in [5.74, 6) is -1.17. The maximum absolute atomic E-state index is 12.9. The van der Waals surface area contributed by atoms with E-state index in [0.29, 0.717) is 5.69 Å². The van der Waals surface area contributed by atoms with Crippen LogP contribution < -0.4 is 10.6 Å². The number of carbonyl (C=O) groups is 2. The lowest BCUT2D eigenvalue weighted by atomic mass is 10.1. The van der Waals surface area contributed by atoms with Gasteiger partial charge in [0.2, 0.25) is 5.91 Å². The number of nitrogens with zero attached hydrogens (tertiary/aromatic N) is 1. The van der Waals surface area contributed by atoms with Crippen LogP contribution in [0.3, 0.4) is 0 Å². The monoisotopic (exact) mass is 346 g/mol. The predicted molar refractivity (Wildman–Crippen MR) is 79.0 cm³/mol. The molecule has 0 aliphatic carbocycles. The second-order valence-electron chi connectivity index (χ2n) is 4.71. The Bertz CT molecular complexity index is 695. The number of benzene rings is 1. The molecular formula is C13H9F3N2O2S2. The third-order valence-corrected chi connectivity index (χ3v) is 6.08. The van der Waals surface area contributed by atoms with E-state index in [1.807, 2.05) is 0 Å². The zero-order valence-electron chi connectivity index (χ0n) is 10.9. The van der Waals surface area contributed by atoms with Gasteiger partial charge in [0.15, 0.2) is 4.08 Å². The fourth-order valence-electron chi connectivity index (χ4n) is 2.43. The van der Waals surface area contributed by atoms with Gasteiger partial charge in [-0.1, -0.05) is 0 Å². The van der Waals surface area contributed by atoms with Gasteiger partial charge in [-0.15, -0.1) is 23.5 Å². The third-order valence-electron chi connectivity index (χ3n) is 3.33. The van der Waals surface area contributed by atoms with Crippen molar-refractivity contribution in [3.05, 3.63) is 40.1 Å². The molecule has 2 aliphatic heterocycles. The summed E-state index contributed by atoms with van der Waals surface area (Å²) in [6.07, 6.45) is -4.50. The Labute approximate surface area is 131 Å². The number of fused-ring (bicyclic) bond motifs is 2. The van der Waals surface area contributed by atoms with Crippen LogP contribution in [0.25, 0.3) is 0 Å². The Balaban J connectivity index is 2.15. The van der Waals surface area contributed by atoms with Gasteiger partial charge in [-0.25, -0.2) is 0 Å². The van der Waals surface area contributed by atoms with E-state index in [-0.39, 0.29) is 12.1 Å². The molecule has 0 atom stereocenters. The summed E-state index contributed by atoms with van der Waals surface area (Å²) in [4.78, 5) is 24.9. The van der Waals surface area contributed by atoms with Crippen LogP contribution in [-0.2, 0) is 19.8 Å². The van der Waals surface area contributed by atoms with Crippen molar-refractivity contribution in [2.75, 3.05) is 11.4 Å². The molecule has 1 aromatic carbocycles. The normalized spacial score (nSPS) is 19.0. The van der Waals surface area contributed by atoms with Gasteiger partial charge in [0, 0.05) is 5.56 Å². The molecule has 1 aromatic rings. The van der Waals surface area contributed by atoms with E-state index < -0.39 is 27.6 Å². The second kappa shape index (κ2) is 4.95. The van der Waals surface area contributed by atoms with Crippen LogP contribution >= 0.6 is 23.5 Å². The Hall–Kier alpha value is -1.61. The minimum absolute atomic E-state index is 0.244. The molecule has 22 heavy (non-hydrogen) atoms. The van der Waals surface area contributed by atoms with Crippen LogP contribution in [0, 0.1) is 0 Å². The summed E-state index contributed by atoms with van der Waals surface area (Å²) in [7, 11) is 0. The molecule has 0 fully saturated rings. The molecule has 2 amide bonds. The predicted octanol–water partition coefficient (Wildman–Crippen LogP) is 2.64. The van der Waals surface area contributed by atoms with Gasteiger partial charge in [-0.2, -0.15) is 13.2 Å². The molecule has 0 aromatic heterocycles. The minimum Gasteiger partial charge on any atom is -0.368 e. The molecule has 4 nitrogen and oxygen atoms in total. The van der Waals surface area contributed by atoms with Crippen molar-refractivity contribution in [3.63, 3.8) is 0 Å². The number of nitrogens with two attached hydrogens (primary N) is 1. The van der Waals surface area contributed by atoms with Gasteiger partial charge in [0.25, 0.3) is 5.91 Å². The summed E-state index contributed by atoms with van der Waals surface area (Å²) in [5.41, 5.74) is 4.85. The molecule has 0 radical (unpaired) electrons. The molecule has 0 unspecified atom stereocenters. The average Bonchev–Trinajstić information content (AvgIpc) is 2.99. The Morgan fingerprint density at radius 3 is 2.45 bits per heavy atom. The topological polar surface area (TPSA) is 63.4 Å². The number of thioether (sulfide) groups is 2. The van der Waals surface area contributed by atoms with Crippen LogP contribution in [0.1, 0.15) is 11.1 Å². The summed E-state index contributed by atoms with van der Waals surface area (Å²) >= 11 is 2.25. The quantitative estimate of drug-likeness (QED) is 0.894. The summed E-state index contributed by atoms with van der Waals surface area (Å²) in [6.45, 7) is -0.361. The molecule has 3 rings (SSSR count). The van der Waals surface area contributed by atoms with Crippen LogP contribution in [0.5, 0.6) is 0 Å². The number of rotatable bonds is 2. The molecular weight excluding hydrogens is 337 g/mol. The number of primary amides is 1. The van der Waals surface area contributed by atoms with Crippen molar-refractivity contribution in [2.24, 2.45) is 5.73 Å². The zero-order chi connectivity index (χ0) is 16.1. The first kappa shape index (κ1) is 15.3. The fraction of sp³-hybridized carbons (Fsp3) is 0.231. The maximum Gasteiger partial charge on any atom is 0.416 e. The highest BCUT2D eigenvalue weighted by molar-refractivity contribution is 8.24. The number of alkyl halides is 3. The zero-order valence-corrected chi connectivity index (χ0v) is 12.5. The van der Waals surface area contributed by atoms with E-state index >= 15 is 0 Å². The lowest BCUT2D eigenvalue weighted by molar-refractivity contribution is -0.137. The molecule has 0 saturated carbocycles. The number of hydrogen-bond acceptors (Lipinski definition) is 4. The minimum atomic E-state index is -4.50. The molecule has 9 heteroatoms. The molecule has 1 spiro atoms. The van der Waals surface area contributed by atoms with E-state index in [1.165, 1.54) is 6.07 Å². The van der Waals surface area contributed by atoms with Crippen molar-refractivity contribution in [3.8, 4) is 0 Å². The van der Waals surface area contributed by atoms with E-state index in [0.717, 1.165) is 40.6 Å². The number of amides is 2. The molecule has 2 aliphatic rings. The average molecular weight is 346 g/mol. The van der Waals surface area contributed by atoms with Crippen molar-refractivity contribution in [1.29, 1.82) is 0 Å². The highest BCUT2D eigenvalue weighted by Gasteiger charge is 2.54. The standard InChI is InChI=1S/C13H9F3N2O2S2/c14-13(15,16)7-1-2-9-8(5-7)12(21-3-4-22-12)11(20)18(9)6-10(17)19/h1-5H,6H2,(H2,17,19). The van der Waals surface area contributed by atoms with Gasteiger partial charge in [0.1, 0.15) is 6.54 Å². The molecule has 0 bridgehead atoms. The first-order valence-electron chi connectivity index (χ1n) is 6.08. The Morgan fingerprint density at radius 1 is 1.27 bits per heavy atom. The largest absolute Gasteiger partial charge is 0.416 e. The third kappa shape index (κ3) is 2.19. The van der Waals surface area contributed by atoms with E-state index in [9.17, 15) is 22.8 Å². The number of anilines is 1. The number of halogens is 3. The summed E-state index contributed by atoms with van der Waals surface area (Å²) in [5, 5.41) is 3.31. The highest BCUT2D eigenvalue weighted by Crippen LogP contribution is 2.60. The van der Waals surface area contributed by atoms with Crippen LogP contribution in [0.15, 0.2) is 29.0 Å². The fourth-order valence-corrected chi connectivity index (χ4v) is 4.82. The second-order valence-corrected chi connectivity index (χ2v) is 7.21. The van der Waals surface area contributed by atoms with Crippen molar-refractivity contribution < 1.29 is 22.8 Å². The van der Waals surface area contributed by atoms with Crippen LogP contribution in [-0.4, -0.2) is 18.4 Å². The number of carbonyl (C=O) groups excluding carboxylic acids is 2. The molecule has 116 valence electrons. The van der Waals surface area contributed by atoms with Gasteiger partial charge in [-0.3, -0.25) is 9.59 Å². The first-order chi connectivity index (χ1) is 10.3. The molecule has 0 saturated heterocycles. The van der Waals surface area contributed by atoms with Gasteiger partial charge in [-0.05, 0) is 29.0 Å². The number of hydrogen-bond donors (Lipinski definition) is 1. The Morgan fingerprint density at radius 2 is 1.91 bits per heavy atom. The van der Waals surface area contributed by atoms with Crippen molar-refractivity contribution >= 4 is 41.0 Å². The van der Waals surface area contributed by atoms with Crippen molar-refractivity contribution in [1.82, 2.24) is 0 Å². The smallest absolute Gasteiger partial charge is 0.368 e.